The van der Waals surface area contributed by atoms with Gasteiger partial charge in [-0.1, -0.05) is 19.9 Å². The van der Waals surface area contributed by atoms with Crippen molar-refractivity contribution in [1.82, 2.24) is 5.32 Å². The Morgan fingerprint density at radius 1 is 1.21 bits per heavy atom. The van der Waals surface area contributed by atoms with Crippen LogP contribution < -0.4 is 10.1 Å². The molecule has 19 heavy (non-hydrogen) atoms. The van der Waals surface area contributed by atoms with Crippen LogP contribution >= 0.6 is 0 Å². The summed E-state index contributed by atoms with van der Waals surface area (Å²) in [5.74, 6) is 1.80. The van der Waals surface area contributed by atoms with E-state index in [-0.39, 0.29) is 0 Å². The molecule has 0 fully saturated rings. The number of methoxy groups -OCH3 is 1. The summed E-state index contributed by atoms with van der Waals surface area (Å²) in [6, 6.07) is 5.69. The van der Waals surface area contributed by atoms with Gasteiger partial charge in [0.2, 0.25) is 0 Å². The summed E-state index contributed by atoms with van der Waals surface area (Å²) in [6.07, 6.45) is 6.32. The second-order valence-electron chi connectivity index (χ2n) is 6.28. The first-order valence-electron chi connectivity index (χ1n) is 7.65. The number of nitrogens with one attached hydrogen (secondary N) is 1. The van der Waals surface area contributed by atoms with E-state index in [0.29, 0.717) is 18.0 Å². The van der Waals surface area contributed by atoms with Gasteiger partial charge in [-0.2, -0.15) is 0 Å². The van der Waals surface area contributed by atoms with Gasteiger partial charge in [0.05, 0.1) is 7.11 Å². The van der Waals surface area contributed by atoms with Crippen LogP contribution in [0.2, 0.25) is 0 Å². The van der Waals surface area contributed by atoms with E-state index in [1.165, 1.54) is 37.7 Å². The van der Waals surface area contributed by atoms with Crippen molar-refractivity contribution in [3.05, 3.63) is 28.8 Å². The van der Waals surface area contributed by atoms with Crippen molar-refractivity contribution in [2.24, 2.45) is 0 Å². The van der Waals surface area contributed by atoms with E-state index in [1.54, 1.807) is 18.2 Å². The zero-order chi connectivity index (χ0) is 13.4. The van der Waals surface area contributed by atoms with Crippen molar-refractivity contribution < 1.29 is 4.74 Å². The van der Waals surface area contributed by atoms with Crippen LogP contribution in [0, 0.1) is 0 Å². The monoisotopic (exact) mass is 259 g/mol. The smallest absolute Gasteiger partial charge is 0.122 e. The summed E-state index contributed by atoms with van der Waals surface area (Å²) in [7, 11) is 1.80. The largest absolute Gasteiger partial charge is 0.496 e. The molecule has 0 saturated carbocycles. The van der Waals surface area contributed by atoms with Crippen molar-refractivity contribution in [1.29, 1.82) is 0 Å². The third-order valence-electron chi connectivity index (χ3n) is 4.69. The molecule has 1 N–H and O–H groups in total. The van der Waals surface area contributed by atoms with Crippen LogP contribution in [-0.4, -0.2) is 19.2 Å². The second-order valence-corrected chi connectivity index (χ2v) is 6.28. The Morgan fingerprint density at radius 3 is 2.79 bits per heavy atom. The SMILES string of the molecule is COc1ccc2c3c1CCCC3C(NC(C)C)CC2. The maximum Gasteiger partial charge on any atom is 0.122 e. The predicted octanol–water partition coefficient (Wildman–Crippen LogP) is 3.43. The highest BCUT2D eigenvalue weighted by Gasteiger charge is 2.34. The third-order valence-corrected chi connectivity index (χ3v) is 4.69. The molecule has 0 heterocycles. The van der Waals surface area contributed by atoms with Gasteiger partial charge in [0, 0.05) is 12.1 Å². The van der Waals surface area contributed by atoms with Crippen LogP contribution in [0.3, 0.4) is 0 Å². The Kier molecular flexibility index (Phi) is 3.53. The Labute approximate surface area is 116 Å². The lowest BCUT2D eigenvalue weighted by Gasteiger charge is -2.40. The van der Waals surface area contributed by atoms with Crippen molar-refractivity contribution in [2.45, 2.75) is 64.0 Å². The average Bonchev–Trinajstić information content (AvgIpc) is 2.42. The van der Waals surface area contributed by atoms with Gasteiger partial charge in [-0.15, -0.1) is 0 Å². The summed E-state index contributed by atoms with van der Waals surface area (Å²) in [4.78, 5) is 0. The Bertz CT molecular complexity index is 467. The second kappa shape index (κ2) is 5.16. The molecular formula is C17H25NO. The fraction of sp³-hybridized carbons (Fsp3) is 0.647. The van der Waals surface area contributed by atoms with Gasteiger partial charge in [-0.3, -0.25) is 0 Å². The van der Waals surface area contributed by atoms with Crippen LogP contribution in [0.25, 0.3) is 0 Å². The Hall–Kier alpha value is -1.02. The first-order chi connectivity index (χ1) is 9.20. The molecule has 2 heteroatoms. The molecule has 0 radical (unpaired) electrons. The number of aryl methyl sites for hydroxylation is 1. The minimum Gasteiger partial charge on any atom is -0.496 e. The first-order valence-corrected chi connectivity index (χ1v) is 7.65. The molecule has 2 unspecified atom stereocenters. The molecule has 0 spiro atoms. The highest BCUT2D eigenvalue weighted by atomic mass is 16.5. The maximum atomic E-state index is 5.58. The van der Waals surface area contributed by atoms with Gasteiger partial charge in [-0.05, 0) is 60.8 Å². The quantitative estimate of drug-likeness (QED) is 0.898. The number of hydrogen-bond donors (Lipinski definition) is 1. The van der Waals surface area contributed by atoms with Gasteiger partial charge < -0.3 is 10.1 Å². The third kappa shape index (κ3) is 2.27. The van der Waals surface area contributed by atoms with Gasteiger partial charge in [-0.25, -0.2) is 0 Å². The van der Waals surface area contributed by atoms with Crippen LogP contribution in [0.5, 0.6) is 5.75 Å². The first kappa shape index (κ1) is 13.0. The lowest BCUT2D eigenvalue weighted by Crippen LogP contribution is -2.43. The molecule has 2 aliphatic rings. The van der Waals surface area contributed by atoms with Crippen LogP contribution in [0.15, 0.2) is 12.1 Å². The summed E-state index contributed by atoms with van der Waals surface area (Å²) < 4.78 is 5.58. The lowest BCUT2D eigenvalue weighted by atomic mass is 9.70. The van der Waals surface area contributed by atoms with Gasteiger partial charge in [0.25, 0.3) is 0 Å². The fourth-order valence-corrected chi connectivity index (χ4v) is 4.01. The van der Waals surface area contributed by atoms with Crippen molar-refractivity contribution in [3.63, 3.8) is 0 Å². The Morgan fingerprint density at radius 2 is 2.05 bits per heavy atom. The van der Waals surface area contributed by atoms with E-state index in [9.17, 15) is 0 Å². The minimum atomic E-state index is 0.572. The molecule has 0 amide bonds. The molecule has 0 saturated heterocycles. The lowest BCUT2D eigenvalue weighted by molar-refractivity contribution is 0.327. The van der Waals surface area contributed by atoms with E-state index in [1.807, 2.05) is 0 Å². The number of rotatable bonds is 3. The maximum absolute atomic E-state index is 5.58. The Balaban J connectivity index is 2.01. The standard InChI is InChI=1S/C17H25NO/c1-11(2)18-15-9-7-12-8-10-16(19-3)14-6-4-5-13(15)17(12)14/h8,10-11,13,15,18H,4-7,9H2,1-3H3. The molecule has 104 valence electrons. The van der Waals surface area contributed by atoms with E-state index in [4.69, 9.17) is 4.74 Å². The molecule has 0 bridgehead atoms. The summed E-state index contributed by atoms with van der Waals surface area (Å²) in [5, 5.41) is 3.78. The molecule has 3 rings (SSSR count). The molecular weight excluding hydrogens is 234 g/mol. The van der Waals surface area contributed by atoms with E-state index < -0.39 is 0 Å². The molecule has 0 aromatic heterocycles. The summed E-state index contributed by atoms with van der Waals surface area (Å²) in [5.41, 5.74) is 4.68. The fourth-order valence-electron chi connectivity index (χ4n) is 4.01. The van der Waals surface area contributed by atoms with Crippen LogP contribution in [0.4, 0.5) is 0 Å². The number of hydrogen-bond acceptors (Lipinski definition) is 2. The molecule has 2 nitrogen and oxygen atoms in total. The average molecular weight is 259 g/mol. The zero-order valence-electron chi connectivity index (χ0n) is 12.3. The van der Waals surface area contributed by atoms with E-state index in [2.05, 4.69) is 31.3 Å². The minimum absolute atomic E-state index is 0.572. The highest BCUT2D eigenvalue weighted by molar-refractivity contribution is 5.50. The summed E-state index contributed by atoms with van der Waals surface area (Å²) >= 11 is 0. The number of ether oxygens (including phenoxy) is 1. The van der Waals surface area contributed by atoms with Crippen molar-refractivity contribution in [3.8, 4) is 5.75 Å². The van der Waals surface area contributed by atoms with Gasteiger partial charge >= 0.3 is 0 Å². The molecule has 1 aromatic rings. The number of benzene rings is 1. The van der Waals surface area contributed by atoms with E-state index >= 15 is 0 Å². The molecule has 0 aliphatic heterocycles. The van der Waals surface area contributed by atoms with Crippen molar-refractivity contribution >= 4 is 0 Å². The molecule has 1 aromatic carbocycles. The van der Waals surface area contributed by atoms with Crippen LogP contribution in [-0.2, 0) is 12.8 Å². The molecule has 2 atom stereocenters. The molecule has 2 aliphatic carbocycles. The predicted molar refractivity (Wildman–Crippen MR) is 79.1 cm³/mol. The zero-order valence-corrected chi connectivity index (χ0v) is 12.3. The van der Waals surface area contributed by atoms with Crippen molar-refractivity contribution in [2.75, 3.05) is 7.11 Å². The topological polar surface area (TPSA) is 21.3 Å². The summed E-state index contributed by atoms with van der Waals surface area (Å²) in [6.45, 7) is 4.51. The highest BCUT2D eigenvalue weighted by Crippen LogP contribution is 2.44. The van der Waals surface area contributed by atoms with E-state index in [0.717, 1.165) is 5.75 Å². The van der Waals surface area contributed by atoms with Gasteiger partial charge in [0.15, 0.2) is 0 Å². The van der Waals surface area contributed by atoms with Crippen LogP contribution in [0.1, 0.15) is 55.7 Å². The normalized spacial score (nSPS) is 25.3. The van der Waals surface area contributed by atoms with Gasteiger partial charge in [0.1, 0.15) is 5.75 Å².